The Balaban J connectivity index is 1.67. The van der Waals surface area contributed by atoms with E-state index in [4.69, 9.17) is 4.52 Å². The van der Waals surface area contributed by atoms with Crippen LogP contribution < -0.4 is 5.32 Å². The van der Waals surface area contributed by atoms with Gasteiger partial charge in [-0.25, -0.2) is 0 Å². The Kier molecular flexibility index (Phi) is 5.25. The van der Waals surface area contributed by atoms with Gasteiger partial charge in [-0.3, -0.25) is 9.69 Å². The van der Waals surface area contributed by atoms with Crippen molar-refractivity contribution < 1.29 is 9.32 Å². The van der Waals surface area contributed by atoms with Gasteiger partial charge >= 0.3 is 0 Å². The number of rotatable bonds is 6. The van der Waals surface area contributed by atoms with Gasteiger partial charge in [-0.15, -0.1) is 11.3 Å². The first-order valence-corrected chi connectivity index (χ1v) is 8.79. The van der Waals surface area contributed by atoms with E-state index in [9.17, 15) is 4.79 Å². The van der Waals surface area contributed by atoms with Crippen molar-refractivity contribution in [2.75, 3.05) is 14.1 Å². The van der Waals surface area contributed by atoms with Gasteiger partial charge in [-0.05, 0) is 38.0 Å². The van der Waals surface area contributed by atoms with Crippen LogP contribution in [0.2, 0.25) is 0 Å². The molecule has 0 saturated heterocycles. The zero-order valence-corrected chi connectivity index (χ0v) is 15.2. The molecule has 1 amide bonds. The van der Waals surface area contributed by atoms with Crippen LogP contribution in [0.4, 0.5) is 0 Å². The number of thiophene rings is 1. The monoisotopic (exact) mass is 356 g/mol. The Hall–Kier alpha value is -2.51. The molecule has 2 heterocycles. The molecule has 0 spiro atoms. The quantitative estimate of drug-likeness (QED) is 0.735. The molecule has 7 heteroatoms. The van der Waals surface area contributed by atoms with Crippen LogP contribution in [0, 0.1) is 6.92 Å². The number of carbonyl (C=O) groups is 1. The van der Waals surface area contributed by atoms with Crippen molar-refractivity contribution in [1.29, 1.82) is 0 Å². The van der Waals surface area contributed by atoms with Crippen LogP contribution in [0.3, 0.4) is 0 Å². The highest BCUT2D eigenvalue weighted by Crippen LogP contribution is 2.22. The van der Waals surface area contributed by atoms with Gasteiger partial charge in [-0.2, -0.15) is 4.98 Å². The summed E-state index contributed by atoms with van der Waals surface area (Å²) in [4.78, 5) is 19.8. The molecule has 25 heavy (non-hydrogen) atoms. The maximum atomic E-state index is 12.6. The van der Waals surface area contributed by atoms with Crippen molar-refractivity contribution >= 4 is 17.2 Å². The minimum absolute atomic E-state index is 0.101. The normalized spacial score (nSPS) is 12.3. The van der Waals surface area contributed by atoms with Gasteiger partial charge in [0.2, 0.25) is 5.91 Å². The summed E-state index contributed by atoms with van der Waals surface area (Å²) in [6.07, 6.45) is 0. The minimum Gasteiger partial charge on any atom is -0.347 e. The summed E-state index contributed by atoms with van der Waals surface area (Å²) in [6.45, 7) is 2.25. The lowest BCUT2D eigenvalue weighted by molar-refractivity contribution is -0.126. The highest BCUT2D eigenvalue weighted by molar-refractivity contribution is 7.13. The lowest BCUT2D eigenvalue weighted by Gasteiger charge is -2.23. The summed E-state index contributed by atoms with van der Waals surface area (Å²) >= 11 is 1.53. The fraction of sp³-hybridized carbons (Fsp3) is 0.278. The zero-order valence-electron chi connectivity index (χ0n) is 14.4. The van der Waals surface area contributed by atoms with E-state index >= 15 is 0 Å². The van der Waals surface area contributed by atoms with Crippen LogP contribution in [0.1, 0.15) is 23.0 Å². The summed E-state index contributed by atoms with van der Waals surface area (Å²) in [6, 6.07) is 11.4. The molecular formula is C18H20N4O2S. The molecule has 0 saturated carbocycles. The second-order valence-electron chi connectivity index (χ2n) is 5.99. The molecule has 1 unspecified atom stereocenters. The van der Waals surface area contributed by atoms with Crippen LogP contribution in [-0.4, -0.2) is 35.0 Å². The highest BCUT2D eigenvalue weighted by Gasteiger charge is 2.23. The first-order chi connectivity index (χ1) is 12.0. The van der Waals surface area contributed by atoms with E-state index < -0.39 is 0 Å². The van der Waals surface area contributed by atoms with E-state index in [2.05, 4.69) is 15.5 Å². The second-order valence-corrected chi connectivity index (χ2v) is 6.94. The van der Waals surface area contributed by atoms with Crippen LogP contribution in [0.25, 0.3) is 10.8 Å². The SMILES string of the molecule is Cc1ccc(C(C(=O)NCc2noc(-c3cccs3)n2)N(C)C)cc1. The van der Waals surface area contributed by atoms with E-state index in [0.717, 1.165) is 16.0 Å². The van der Waals surface area contributed by atoms with Crippen molar-refractivity contribution in [2.24, 2.45) is 0 Å². The average molecular weight is 356 g/mol. The number of hydrogen-bond donors (Lipinski definition) is 1. The van der Waals surface area contributed by atoms with Gasteiger partial charge in [-0.1, -0.05) is 41.1 Å². The van der Waals surface area contributed by atoms with E-state index in [1.165, 1.54) is 11.3 Å². The number of aromatic nitrogens is 2. The molecule has 1 atom stereocenters. The molecule has 0 aliphatic rings. The van der Waals surface area contributed by atoms with Crippen LogP contribution in [0.5, 0.6) is 0 Å². The molecule has 2 aromatic heterocycles. The second kappa shape index (κ2) is 7.58. The minimum atomic E-state index is -0.371. The molecule has 0 bridgehead atoms. The number of nitrogens with zero attached hydrogens (tertiary/aromatic N) is 3. The Bertz CT molecular complexity index is 825. The summed E-state index contributed by atoms with van der Waals surface area (Å²) in [5.74, 6) is 0.830. The van der Waals surface area contributed by atoms with Crippen molar-refractivity contribution in [2.45, 2.75) is 19.5 Å². The highest BCUT2D eigenvalue weighted by atomic mass is 32.1. The van der Waals surface area contributed by atoms with Crippen molar-refractivity contribution in [1.82, 2.24) is 20.4 Å². The lowest BCUT2D eigenvalue weighted by atomic mass is 10.0. The molecule has 0 radical (unpaired) electrons. The molecule has 1 N–H and O–H groups in total. The maximum Gasteiger partial charge on any atom is 0.268 e. The third-order valence-electron chi connectivity index (χ3n) is 3.78. The maximum absolute atomic E-state index is 12.6. The van der Waals surface area contributed by atoms with Crippen molar-refractivity contribution in [3.8, 4) is 10.8 Å². The van der Waals surface area contributed by atoms with Crippen LogP contribution in [0.15, 0.2) is 46.3 Å². The van der Waals surface area contributed by atoms with Gasteiger partial charge in [0.25, 0.3) is 5.89 Å². The molecule has 3 aromatic rings. The van der Waals surface area contributed by atoms with Gasteiger partial charge in [0, 0.05) is 0 Å². The zero-order chi connectivity index (χ0) is 17.8. The molecule has 1 aromatic carbocycles. The number of aryl methyl sites for hydroxylation is 1. The summed E-state index contributed by atoms with van der Waals surface area (Å²) < 4.78 is 5.23. The van der Waals surface area contributed by atoms with Gasteiger partial charge in [0.05, 0.1) is 11.4 Å². The van der Waals surface area contributed by atoms with E-state index in [-0.39, 0.29) is 18.5 Å². The Morgan fingerprint density at radius 3 is 2.68 bits per heavy atom. The van der Waals surface area contributed by atoms with Crippen molar-refractivity contribution in [3.63, 3.8) is 0 Å². The molecule has 3 rings (SSSR count). The molecule has 0 aliphatic heterocycles. The van der Waals surface area contributed by atoms with Gasteiger partial charge in [0.1, 0.15) is 6.04 Å². The van der Waals surface area contributed by atoms with Crippen molar-refractivity contribution in [3.05, 3.63) is 58.7 Å². The molecule has 6 nitrogen and oxygen atoms in total. The third-order valence-corrected chi connectivity index (χ3v) is 4.64. The number of benzene rings is 1. The molecule has 0 aliphatic carbocycles. The fourth-order valence-corrected chi connectivity index (χ4v) is 3.17. The lowest BCUT2D eigenvalue weighted by Crippen LogP contribution is -2.36. The number of amides is 1. The van der Waals surface area contributed by atoms with E-state index in [1.54, 1.807) is 0 Å². The fourth-order valence-electron chi connectivity index (χ4n) is 2.52. The predicted molar refractivity (Wildman–Crippen MR) is 97.1 cm³/mol. The third kappa shape index (κ3) is 4.12. The van der Waals surface area contributed by atoms with Crippen LogP contribution in [-0.2, 0) is 11.3 Å². The largest absolute Gasteiger partial charge is 0.347 e. The van der Waals surface area contributed by atoms with Gasteiger partial charge < -0.3 is 9.84 Å². The first-order valence-electron chi connectivity index (χ1n) is 7.92. The van der Waals surface area contributed by atoms with Crippen LogP contribution >= 0.6 is 11.3 Å². The molecule has 130 valence electrons. The van der Waals surface area contributed by atoms with E-state index in [0.29, 0.717) is 11.7 Å². The van der Waals surface area contributed by atoms with E-state index in [1.807, 2.05) is 67.7 Å². The smallest absolute Gasteiger partial charge is 0.268 e. The summed E-state index contributed by atoms with van der Waals surface area (Å²) in [5.41, 5.74) is 2.11. The first kappa shape index (κ1) is 17.3. The van der Waals surface area contributed by atoms with Gasteiger partial charge in [0.15, 0.2) is 5.82 Å². The Labute approximate surface area is 150 Å². The number of hydrogen-bond acceptors (Lipinski definition) is 6. The average Bonchev–Trinajstić information content (AvgIpc) is 3.26. The Morgan fingerprint density at radius 1 is 1.28 bits per heavy atom. The summed E-state index contributed by atoms with van der Waals surface area (Å²) in [5, 5.41) is 8.76. The standard InChI is InChI=1S/C18H20N4O2S/c1-12-6-8-13(9-7-12)16(22(2)3)17(23)19-11-15-20-18(24-21-15)14-5-4-10-25-14/h4-10,16H,11H2,1-3H3,(H,19,23). The predicted octanol–water partition coefficient (Wildman–Crippen LogP) is 3.03. The molecule has 0 fully saturated rings. The summed E-state index contributed by atoms with van der Waals surface area (Å²) in [7, 11) is 3.76. The number of likely N-dealkylation sites (N-methyl/N-ethyl adjacent to an activating group) is 1. The Morgan fingerprint density at radius 2 is 2.04 bits per heavy atom. The topological polar surface area (TPSA) is 71.3 Å². The molecular weight excluding hydrogens is 336 g/mol. The number of nitrogens with one attached hydrogen (secondary N) is 1. The number of carbonyl (C=O) groups excluding carboxylic acids is 1.